The zero-order chi connectivity index (χ0) is 26.6. The number of ether oxygens (including phenoxy) is 1. The van der Waals surface area contributed by atoms with Crippen molar-refractivity contribution in [2.75, 3.05) is 18.4 Å². The number of hydrogen-bond acceptors (Lipinski definition) is 8. The molecule has 3 N–H and O–H groups in total. The van der Waals surface area contributed by atoms with Crippen molar-refractivity contribution in [3.8, 4) is 11.8 Å². The van der Waals surface area contributed by atoms with Gasteiger partial charge < -0.3 is 15.4 Å². The van der Waals surface area contributed by atoms with Gasteiger partial charge in [-0.25, -0.2) is 14.8 Å². The summed E-state index contributed by atoms with van der Waals surface area (Å²) in [5.41, 5.74) is 4.05. The first kappa shape index (κ1) is 24.9. The van der Waals surface area contributed by atoms with Crippen LogP contribution in [0.1, 0.15) is 23.8 Å². The van der Waals surface area contributed by atoms with E-state index in [1.807, 2.05) is 48.1 Å². The second-order valence-electron chi connectivity index (χ2n) is 9.26. The van der Waals surface area contributed by atoms with Crippen LogP contribution in [0.3, 0.4) is 0 Å². The van der Waals surface area contributed by atoms with Gasteiger partial charge in [-0.1, -0.05) is 42.2 Å². The summed E-state index contributed by atoms with van der Waals surface area (Å²) in [6.07, 6.45) is 3.54. The molecule has 6 rings (SSSR count). The summed E-state index contributed by atoms with van der Waals surface area (Å²) >= 11 is 1.55. The summed E-state index contributed by atoms with van der Waals surface area (Å²) in [6.45, 7) is 3.72. The highest BCUT2D eigenvalue weighted by atomic mass is 32.1. The molecule has 9 nitrogen and oxygen atoms in total. The van der Waals surface area contributed by atoms with Crippen molar-refractivity contribution in [2.24, 2.45) is 0 Å². The Morgan fingerprint density at radius 2 is 2.10 bits per heavy atom. The number of nitrogens with one attached hydrogen (secondary N) is 3. The number of carbonyl (C=O) groups excluding carboxylic acids is 1. The van der Waals surface area contributed by atoms with Gasteiger partial charge in [-0.05, 0) is 36.8 Å². The van der Waals surface area contributed by atoms with Crippen molar-refractivity contribution in [3.63, 3.8) is 0 Å². The SMILES string of the molecule is CCNC(=O)OC1CNC(C#Cc2cc3ncnc(Nc4ccc5c(cnn5Cc5ccccc5)c4)c3s2)C1. The Bertz CT molecular complexity index is 1690. The molecule has 3 aromatic heterocycles. The van der Waals surface area contributed by atoms with Crippen LogP contribution < -0.4 is 16.0 Å². The van der Waals surface area contributed by atoms with Crippen molar-refractivity contribution >= 4 is 50.1 Å². The first-order chi connectivity index (χ1) is 19.1. The summed E-state index contributed by atoms with van der Waals surface area (Å²) < 4.78 is 8.35. The number of rotatable bonds is 6. The van der Waals surface area contributed by atoms with Gasteiger partial charge >= 0.3 is 6.09 Å². The average molecular weight is 538 g/mol. The molecule has 10 heteroatoms. The molecule has 0 radical (unpaired) electrons. The molecule has 5 aromatic rings. The van der Waals surface area contributed by atoms with E-state index in [2.05, 4.69) is 67.1 Å². The Labute approximate surface area is 229 Å². The minimum absolute atomic E-state index is 0.0344. The fourth-order valence-electron chi connectivity index (χ4n) is 4.59. The summed E-state index contributed by atoms with van der Waals surface area (Å²) in [5.74, 6) is 7.26. The molecule has 4 heterocycles. The maximum atomic E-state index is 11.7. The van der Waals surface area contributed by atoms with Gasteiger partial charge in [0.25, 0.3) is 0 Å². The number of amides is 1. The fraction of sp³-hybridized carbons (Fsp3) is 0.241. The van der Waals surface area contributed by atoms with Crippen LogP contribution in [-0.2, 0) is 11.3 Å². The zero-order valence-corrected chi connectivity index (χ0v) is 22.2. The van der Waals surface area contributed by atoms with Crippen LogP contribution in [0, 0.1) is 11.8 Å². The lowest BCUT2D eigenvalue weighted by Crippen LogP contribution is -2.29. The van der Waals surface area contributed by atoms with E-state index < -0.39 is 0 Å². The zero-order valence-electron chi connectivity index (χ0n) is 21.3. The van der Waals surface area contributed by atoms with E-state index in [-0.39, 0.29) is 18.2 Å². The lowest BCUT2D eigenvalue weighted by molar-refractivity contribution is 0.107. The van der Waals surface area contributed by atoms with E-state index in [1.165, 1.54) is 5.56 Å². The van der Waals surface area contributed by atoms with Crippen LogP contribution in [0.15, 0.2) is 67.1 Å². The van der Waals surface area contributed by atoms with E-state index in [4.69, 9.17) is 4.74 Å². The minimum Gasteiger partial charge on any atom is -0.445 e. The number of fused-ring (bicyclic) bond motifs is 2. The van der Waals surface area contributed by atoms with Gasteiger partial charge in [0.2, 0.25) is 0 Å². The number of alkyl carbamates (subject to hydrolysis) is 1. The molecule has 2 atom stereocenters. The lowest BCUT2D eigenvalue weighted by atomic mass is 10.2. The third-order valence-electron chi connectivity index (χ3n) is 6.45. The van der Waals surface area contributed by atoms with Crippen LogP contribution in [0.2, 0.25) is 0 Å². The maximum Gasteiger partial charge on any atom is 0.407 e. The third kappa shape index (κ3) is 5.70. The molecule has 0 saturated carbocycles. The maximum absolute atomic E-state index is 11.7. The number of nitrogens with zero attached hydrogens (tertiary/aromatic N) is 4. The van der Waals surface area contributed by atoms with Gasteiger partial charge in [-0.15, -0.1) is 11.3 Å². The van der Waals surface area contributed by atoms with E-state index in [0.717, 1.165) is 44.0 Å². The Hall–Kier alpha value is -4.46. The monoisotopic (exact) mass is 537 g/mol. The van der Waals surface area contributed by atoms with E-state index in [9.17, 15) is 4.79 Å². The summed E-state index contributed by atoms with van der Waals surface area (Å²) in [4.78, 5) is 21.5. The summed E-state index contributed by atoms with van der Waals surface area (Å²) in [7, 11) is 0. The summed E-state index contributed by atoms with van der Waals surface area (Å²) in [6, 6.07) is 18.5. The van der Waals surface area contributed by atoms with Crippen molar-refractivity contribution in [1.29, 1.82) is 0 Å². The molecule has 2 unspecified atom stereocenters. The number of hydrogen-bond donors (Lipinski definition) is 3. The predicted molar refractivity (Wildman–Crippen MR) is 153 cm³/mol. The van der Waals surface area contributed by atoms with E-state index in [0.29, 0.717) is 19.5 Å². The molecular formula is C29H27N7O2S. The highest BCUT2D eigenvalue weighted by molar-refractivity contribution is 7.20. The summed E-state index contributed by atoms with van der Waals surface area (Å²) in [5, 5.41) is 15.1. The Kier molecular flexibility index (Phi) is 7.08. The molecular weight excluding hydrogens is 510 g/mol. The van der Waals surface area contributed by atoms with Crippen molar-refractivity contribution in [3.05, 3.63) is 77.6 Å². The second-order valence-corrected chi connectivity index (χ2v) is 10.3. The molecule has 1 amide bonds. The Morgan fingerprint density at radius 1 is 1.21 bits per heavy atom. The number of anilines is 2. The largest absolute Gasteiger partial charge is 0.445 e. The normalized spacial score (nSPS) is 16.6. The van der Waals surface area contributed by atoms with E-state index >= 15 is 0 Å². The van der Waals surface area contributed by atoms with Crippen LogP contribution in [0.4, 0.5) is 16.3 Å². The molecule has 1 fully saturated rings. The molecule has 1 aliphatic rings. The van der Waals surface area contributed by atoms with Crippen molar-refractivity contribution in [2.45, 2.75) is 32.0 Å². The van der Waals surface area contributed by atoms with Gasteiger partial charge in [-0.3, -0.25) is 10.00 Å². The highest BCUT2D eigenvalue weighted by Crippen LogP contribution is 2.31. The van der Waals surface area contributed by atoms with Crippen molar-refractivity contribution < 1.29 is 9.53 Å². The minimum atomic E-state index is -0.388. The second kappa shape index (κ2) is 11.1. The number of benzene rings is 2. The molecule has 0 spiro atoms. The fourth-order valence-corrected chi connectivity index (χ4v) is 5.50. The molecule has 39 heavy (non-hydrogen) atoms. The molecule has 2 aromatic carbocycles. The first-order valence-corrected chi connectivity index (χ1v) is 13.7. The molecule has 1 saturated heterocycles. The number of carbonyl (C=O) groups is 1. The van der Waals surface area contributed by atoms with Gasteiger partial charge in [-0.2, -0.15) is 5.10 Å². The van der Waals surface area contributed by atoms with Crippen molar-refractivity contribution in [1.82, 2.24) is 30.4 Å². The predicted octanol–water partition coefficient (Wildman–Crippen LogP) is 4.66. The third-order valence-corrected chi connectivity index (χ3v) is 7.49. The standard InChI is InChI=1S/C29H27N7O2S/c1-2-30-29(37)38-23-13-21(31-16-23)8-10-24-14-25-27(39-24)28(33-18-32-25)35-22-9-11-26-20(12-22)15-34-36(26)17-19-6-4-3-5-7-19/h3-7,9,11-12,14-15,18,21,23,31H,2,13,16-17H2,1H3,(H,30,37)(H,32,33,35). The van der Waals surface area contributed by atoms with Crippen LogP contribution >= 0.6 is 11.3 Å². The average Bonchev–Trinajstić information content (AvgIpc) is 3.67. The Balaban J connectivity index is 1.16. The quantitative estimate of drug-likeness (QED) is 0.271. The Morgan fingerprint density at radius 3 is 2.97 bits per heavy atom. The van der Waals surface area contributed by atoms with Crippen LogP contribution in [-0.4, -0.2) is 51.1 Å². The highest BCUT2D eigenvalue weighted by Gasteiger charge is 2.25. The topological polar surface area (TPSA) is 106 Å². The van der Waals surface area contributed by atoms with Gasteiger partial charge in [0.05, 0.1) is 39.4 Å². The van der Waals surface area contributed by atoms with Gasteiger partial charge in [0, 0.05) is 30.6 Å². The smallest absolute Gasteiger partial charge is 0.407 e. The first-order valence-electron chi connectivity index (χ1n) is 12.8. The number of aromatic nitrogens is 4. The molecule has 0 bridgehead atoms. The molecule has 1 aliphatic heterocycles. The molecule has 0 aliphatic carbocycles. The molecule has 196 valence electrons. The van der Waals surface area contributed by atoms with E-state index in [1.54, 1.807) is 17.7 Å². The lowest BCUT2D eigenvalue weighted by Gasteiger charge is -2.10. The van der Waals surface area contributed by atoms with Gasteiger partial charge in [0.1, 0.15) is 12.4 Å². The van der Waals surface area contributed by atoms with Crippen LogP contribution in [0.5, 0.6) is 0 Å². The number of thiophene rings is 1. The van der Waals surface area contributed by atoms with Crippen LogP contribution in [0.25, 0.3) is 21.1 Å². The van der Waals surface area contributed by atoms with Gasteiger partial charge in [0.15, 0.2) is 5.82 Å².